The SMILES string of the molecule is Cc1cc(N)c(Cl)cc1NC1CC=CC1. The number of hydrogen-bond donors (Lipinski definition) is 2. The van der Waals surface area contributed by atoms with Gasteiger partial charge < -0.3 is 11.1 Å². The van der Waals surface area contributed by atoms with Gasteiger partial charge in [0.1, 0.15) is 0 Å². The van der Waals surface area contributed by atoms with E-state index in [2.05, 4.69) is 17.5 Å². The van der Waals surface area contributed by atoms with E-state index in [1.54, 1.807) is 0 Å². The van der Waals surface area contributed by atoms with Crippen LogP contribution in [-0.4, -0.2) is 6.04 Å². The minimum absolute atomic E-state index is 0.503. The minimum atomic E-state index is 0.503. The molecule has 0 bridgehead atoms. The number of benzene rings is 1. The fourth-order valence-corrected chi connectivity index (χ4v) is 1.98. The van der Waals surface area contributed by atoms with Crippen LogP contribution in [0.5, 0.6) is 0 Å². The third kappa shape index (κ3) is 2.26. The lowest BCUT2D eigenvalue weighted by molar-refractivity contribution is 0.785. The van der Waals surface area contributed by atoms with Gasteiger partial charge in [0, 0.05) is 11.7 Å². The average Bonchev–Trinajstić information content (AvgIpc) is 2.67. The summed E-state index contributed by atoms with van der Waals surface area (Å²) in [6.07, 6.45) is 6.57. The fourth-order valence-electron chi connectivity index (χ4n) is 1.81. The highest BCUT2D eigenvalue weighted by molar-refractivity contribution is 6.33. The first kappa shape index (κ1) is 10.4. The summed E-state index contributed by atoms with van der Waals surface area (Å²) in [7, 11) is 0. The second-order valence-electron chi connectivity index (χ2n) is 3.97. The van der Waals surface area contributed by atoms with Crippen molar-refractivity contribution in [3.05, 3.63) is 34.9 Å². The van der Waals surface area contributed by atoms with E-state index in [0.717, 1.165) is 24.1 Å². The monoisotopic (exact) mass is 222 g/mol. The number of anilines is 2. The second-order valence-corrected chi connectivity index (χ2v) is 4.38. The molecule has 1 aromatic carbocycles. The Kier molecular flexibility index (Phi) is 2.87. The lowest BCUT2D eigenvalue weighted by Crippen LogP contribution is -2.15. The number of hydrogen-bond acceptors (Lipinski definition) is 2. The van der Waals surface area contributed by atoms with Gasteiger partial charge in [0.2, 0.25) is 0 Å². The lowest BCUT2D eigenvalue weighted by Gasteiger charge is -2.16. The maximum Gasteiger partial charge on any atom is 0.0656 e. The molecule has 3 heteroatoms. The molecule has 0 fully saturated rings. The number of rotatable bonds is 2. The molecule has 1 aromatic rings. The molecule has 0 atom stereocenters. The van der Waals surface area contributed by atoms with Gasteiger partial charge in [0.15, 0.2) is 0 Å². The largest absolute Gasteiger partial charge is 0.398 e. The van der Waals surface area contributed by atoms with Gasteiger partial charge in [-0.05, 0) is 37.5 Å². The van der Waals surface area contributed by atoms with E-state index in [0.29, 0.717) is 16.8 Å². The third-order valence-corrected chi connectivity index (χ3v) is 3.04. The summed E-state index contributed by atoms with van der Waals surface area (Å²) in [6.45, 7) is 2.04. The number of aryl methyl sites for hydroxylation is 1. The first-order valence-corrected chi connectivity index (χ1v) is 5.52. The van der Waals surface area contributed by atoms with E-state index >= 15 is 0 Å². The average molecular weight is 223 g/mol. The molecular weight excluding hydrogens is 208 g/mol. The molecule has 80 valence electrons. The van der Waals surface area contributed by atoms with Crippen molar-refractivity contribution < 1.29 is 0 Å². The zero-order chi connectivity index (χ0) is 10.8. The van der Waals surface area contributed by atoms with Gasteiger partial charge in [-0.3, -0.25) is 0 Å². The Morgan fingerprint density at radius 2 is 2.00 bits per heavy atom. The van der Waals surface area contributed by atoms with Crippen LogP contribution in [0, 0.1) is 6.92 Å². The highest BCUT2D eigenvalue weighted by Crippen LogP contribution is 2.28. The van der Waals surface area contributed by atoms with Crippen molar-refractivity contribution in [2.45, 2.75) is 25.8 Å². The summed E-state index contributed by atoms with van der Waals surface area (Å²) in [5.41, 5.74) is 8.60. The van der Waals surface area contributed by atoms with Crippen LogP contribution in [0.2, 0.25) is 5.02 Å². The Morgan fingerprint density at radius 1 is 1.33 bits per heavy atom. The van der Waals surface area contributed by atoms with E-state index in [9.17, 15) is 0 Å². The van der Waals surface area contributed by atoms with Crippen molar-refractivity contribution >= 4 is 23.0 Å². The van der Waals surface area contributed by atoms with E-state index < -0.39 is 0 Å². The Morgan fingerprint density at radius 3 is 2.67 bits per heavy atom. The standard InChI is InChI=1S/C12H15ClN2/c1-8-6-11(14)10(13)7-12(8)15-9-4-2-3-5-9/h2-3,6-7,9,15H,4-5,14H2,1H3. The van der Waals surface area contributed by atoms with Gasteiger partial charge in [-0.15, -0.1) is 0 Å². The Balaban J connectivity index is 2.17. The van der Waals surface area contributed by atoms with Crippen molar-refractivity contribution in [1.29, 1.82) is 0 Å². The van der Waals surface area contributed by atoms with Crippen LogP contribution in [0.15, 0.2) is 24.3 Å². The summed E-state index contributed by atoms with van der Waals surface area (Å²) in [4.78, 5) is 0. The molecule has 2 rings (SSSR count). The van der Waals surface area contributed by atoms with Crippen LogP contribution in [0.25, 0.3) is 0 Å². The number of nitrogens with two attached hydrogens (primary N) is 1. The Labute approximate surface area is 95.1 Å². The number of halogens is 1. The summed E-state index contributed by atoms with van der Waals surface area (Å²) < 4.78 is 0. The lowest BCUT2D eigenvalue weighted by atomic mass is 10.1. The maximum absolute atomic E-state index is 5.99. The van der Waals surface area contributed by atoms with Crippen molar-refractivity contribution in [3.63, 3.8) is 0 Å². The molecule has 0 aliphatic heterocycles. The molecule has 0 heterocycles. The van der Waals surface area contributed by atoms with Crippen LogP contribution in [0.1, 0.15) is 18.4 Å². The summed E-state index contributed by atoms with van der Waals surface area (Å²) in [5.74, 6) is 0. The highest BCUT2D eigenvalue weighted by Gasteiger charge is 2.11. The minimum Gasteiger partial charge on any atom is -0.398 e. The van der Waals surface area contributed by atoms with Crippen molar-refractivity contribution in [2.24, 2.45) is 0 Å². The van der Waals surface area contributed by atoms with Gasteiger partial charge in [-0.25, -0.2) is 0 Å². The third-order valence-electron chi connectivity index (χ3n) is 2.71. The quantitative estimate of drug-likeness (QED) is 0.595. The topological polar surface area (TPSA) is 38.0 Å². The van der Waals surface area contributed by atoms with E-state index in [1.165, 1.54) is 0 Å². The van der Waals surface area contributed by atoms with Gasteiger partial charge in [0.25, 0.3) is 0 Å². The van der Waals surface area contributed by atoms with Crippen LogP contribution < -0.4 is 11.1 Å². The van der Waals surface area contributed by atoms with Crippen molar-refractivity contribution in [1.82, 2.24) is 0 Å². The van der Waals surface area contributed by atoms with Crippen LogP contribution in [-0.2, 0) is 0 Å². The first-order chi connectivity index (χ1) is 7.16. The van der Waals surface area contributed by atoms with Crippen LogP contribution >= 0.6 is 11.6 Å². The molecule has 0 saturated heterocycles. The fraction of sp³-hybridized carbons (Fsp3) is 0.333. The zero-order valence-electron chi connectivity index (χ0n) is 8.76. The molecule has 2 nitrogen and oxygen atoms in total. The zero-order valence-corrected chi connectivity index (χ0v) is 9.51. The van der Waals surface area contributed by atoms with E-state index in [1.807, 2.05) is 19.1 Å². The van der Waals surface area contributed by atoms with E-state index in [4.69, 9.17) is 17.3 Å². The molecule has 0 aromatic heterocycles. The Hall–Kier alpha value is -1.15. The predicted molar refractivity (Wildman–Crippen MR) is 66.4 cm³/mol. The molecular formula is C12H15ClN2. The number of nitrogens with one attached hydrogen (secondary N) is 1. The summed E-state index contributed by atoms with van der Waals surface area (Å²) in [6, 6.07) is 4.32. The van der Waals surface area contributed by atoms with E-state index in [-0.39, 0.29) is 0 Å². The van der Waals surface area contributed by atoms with Gasteiger partial charge in [0.05, 0.1) is 10.7 Å². The first-order valence-electron chi connectivity index (χ1n) is 5.14. The molecule has 0 amide bonds. The molecule has 0 saturated carbocycles. The molecule has 0 spiro atoms. The molecule has 1 aliphatic rings. The number of nitrogen functional groups attached to an aromatic ring is 1. The van der Waals surface area contributed by atoms with Gasteiger partial charge in [-0.2, -0.15) is 0 Å². The maximum atomic E-state index is 5.99. The van der Waals surface area contributed by atoms with Gasteiger partial charge >= 0.3 is 0 Å². The normalized spacial score (nSPS) is 15.9. The highest BCUT2D eigenvalue weighted by atomic mass is 35.5. The summed E-state index contributed by atoms with van der Waals surface area (Å²) in [5, 5.41) is 4.09. The molecule has 1 aliphatic carbocycles. The van der Waals surface area contributed by atoms with Crippen LogP contribution in [0.4, 0.5) is 11.4 Å². The molecule has 0 radical (unpaired) electrons. The molecule has 15 heavy (non-hydrogen) atoms. The smallest absolute Gasteiger partial charge is 0.0656 e. The molecule has 3 N–H and O–H groups in total. The van der Waals surface area contributed by atoms with Crippen LogP contribution in [0.3, 0.4) is 0 Å². The van der Waals surface area contributed by atoms with Gasteiger partial charge in [-0.1, -0.05) is 23.8 Å². The molecule has 0 unspecified atom stereocenters. The summed E-state index contributed by atoms with van der Waals surface area (Å²) >= 11 is 5.99. The predicted octanol–water partition coefficient (Wildman–Crippen LogP) is 3.36. The Bertz CT molecular complexity index is 391. The van der Waals surface area contributed by atoms with Crippen molar-refractivity contribution in [3.8, 4) is 0 Å². The van der Waals surface area contributed by atoms with Crippen molar-refractivity contribution in [2.75, 3.05) is 11.1 Å². The second kappa shape index (κ2) is 4.15.